The summed E-state index contributed by atoms with van der Waals surface area (Å²) in [5.74, 6) is 1.40. The van der Waals surface area contributed by atoms with Crippen LogP contribution in [0.3, 0.4) is 0 Å². The van der Waals surface area contributed by atoms with Gasteiger partial charge >= 0.3 is 0 Å². The number of nitrogens with zero attached hydrogens (tertiary/aromatic N) is 5. The van der Waals surface area contributed by atoms with Gasteiger partial charge in [0.05, 0.1) is 12.4 Å². The van der Waals surface area contributed by atoms with E-state index in [0.29, 0.717) is 12.0 Å². The molecule has 28 heavy (non-hydrogen) atoms. The zero-order valence-corrected chi connectivity index (χ0v) is 17.4. The summed E-state index contributed by atoms with van der Waals surface area (Å²) in [4.78, 5) is 28.3. The van der Waals surface area contributed by atoms with Gasteiger partial charge in [0, 0.05) is 22.8 Å². The molecule has 4 rings (SSSR count). The van der Waals surface area contributed by atoms with Gasteiger partial charge in [0.15, 0.2) is 5.82 Å². The number of rotatable bonds is 5. The summed E-state index contributed by atoms with van der Waals surface area (Å²) in [6.07, 6.45) is 8.89. The molecule has 1 aliphatic carbocycles. The van der Waals surface area contributed by atoms with Gasteiger partial charge in [0.1, 0.15) is 11.7 Å². The van der Waals surface area contributed by atoms with Gasteiger partial charge in [-0.1, -0.05) is 19.8 Å². The van der Waals surface area contributed by atoms with Crippen molar-refractivity contribution < 1.29 is 4.79 Å². The third kappa shape index (κ3) is 3.48. The van der Waals surface area contributed by atoms with Gasteiger partial charge in [0.2, 0.25) is 11.9 Å². The third-order valence-electron chi connectivity index (χ3n) is 5.53. The number of aromatic nitrogens is 2. The summed E-state index contributed by atoms with van der Waals surface area (Å²) in [6.45, 7) is 4.14. The van der Waals surface area contributed by atoms with E-state index in [9.17, 15) is 4.79 Å². The Bertz CT molecular complexity index is 889. The van der Waals surface area contributed by atoms with E-state index >= 15 is 0 Å². The van der Waals surface area contributed by atoms with Gasteiger partial charge in [-0.05, 0) is 38.3 Å². The van der Waals surface area contributed by atoms with Crippen LogP contribution in [0.1, 0.15) is 48.8 Å². The van der Waals surface area contributed by atoms with E-state index in [4.69, 9.17) is 4.98 Å². The van der Waals surface area contributed by atoms with Crippen LogP contribution in [-0.2, 0) is 4.79 Å². The fourth-order valence-corrected chi connectivity index (χ4v) is 4.86. The number of anilines is 3. The second-order valence-corrected chi connectivity index (χ2v) is 8.71. The van der Waals surface area contributed by atoms with Crippen LogP contribution in [0.15, 0.2) is 23.4 Å². The minimum Gasteiger partial charge on any atom is -0.340 e. The highest BCUT2D eigenvalue weighted by atomic mass is 32.1. The third-order valence-corrected chi connectivity index (χ3v) is 6.46. The first kappa shape index (κ1) is 18.9. The summed E-state index contributed by atoms with van der Waals surface area (Å²) in [6, 6.07) is 4.30. The molecular weight excluding hydrogens is 372 g/mol. The molecule has 1 fully saturated rings. The molecule has 1 N–H and O–H groups in total. The van der Waals surface area contributed by atoms with Crippen molar-refractivity contribution in [2.45, 2.75) is 58.0 Å². The molecule has 0 spiro atoms. The Morgan fingerprint density at radius 1 is 1.36 bits per heavy atom. The van der Waals surface area contributed by atoms with E-state index in [2.05, 4.69) is 40.3 Å². The van der Waals surface area contributed by atoms with Crippen LogP contribution in [0.2, 0.25) is 0 Å². The summed E-state index contributed by atoms with van der Waals surface area (Å²) in [5.41, 5.74) is 3.71. The lowest BCUT2D eigenvalue weighted by molar-refractivity contribution is -0.120. The average Bonchev–Trinajstić information content (AvgIpc) is 3.36. The van der Waals surface area contributed by atoms with Crippen molar-refractivity contribution in [1.82, 2.24) is 9.97 Å². The zero-order chi connectivity index (χ0) is 19.7. The highest BCUT2D eigenvalue weighted by Crippen LogP contribution is 2.39. The lowest BCUT2D eigenvalue weighted by Gasteiger charge is -2.43. The maximum Gasteiger partial charge on any atom is 0.249 e. The monoisotopic (exact) mass is 398 g/mol. The fraction of sp³-hybridized carbons (Fsp3) is 0.500. The van der Waals surface area contributed by atoms with Crippen LogP contribution in [-0.4, -0.2) is 41.2 Å². The standard InChI is InChI=1S/C20H26N6OS/c1-4-16-19(27)25(3)17-12-21-20(24-22-11-15-10-9-13(2)28-15)23-18(17)26(16)14-7-5-6-8-14/h9-12,14,16H,4-8H2,1-3H3,(H,21,23,24)/b22-11+. The van der Waals surface area contributed by atoms with Gasteiger partial charge < -0.3 is 9.80 Å². The molecule has 3 heterocycles. The number of fused-ring (bicyclic) bond motifs is 1. The lowest BCUT2D eigenvalue weighted by Crippen LogP contribution is -2.55. The number of hydrogen-bond donors (Lipinski definition) is 1. The highest BCUT2D eigenvalue weighted by molar-refractivity contribution is 7.13. The predicted molar refractivity (Wildman–Crippen MR) is 115 cm³/mol. The van der Waals surface area contributed by atoms with Crippen LogP contribution >= 0.6 is 11.3 Å². The van der Waals surface area contributed by atoms with Crippen molar-refractivity contribution in [1.29, 1.82) is 0 Å². The molecule has 1 amide bonds. The molecule has 148 valence electrons. The van der Waals surface area contributed by atoms with Gasteiger partial charge in [-0.2, -0.15) is 10.1 Å². The first-order chi connectivity index (χ1) is 13.6. The normalized spacial score (nSPS) is 20.2. The zero-order valence-electron chi connectivity index (χ0n) is 16.6. The number of aryl methyl sites for hydroxylation is 1. The number of amides is 1. The molecule has 0 bridgehead atoms. The van der Waals surface area contributed by atoms with E-state index in [0.717, 1.165) is 35.6 Å². The van der Waals surface area contributed by atoms with Crippen molar-refractivity contribution in [3.8, 4) is 0 Å². The maximum atomic E-state index is 12.9. The van der Waals surface area contributed by atoms with Crippen molar-refractivity contribution >= 4 is 40.9 Å². The van der Waals surface area contributed by atoms with Crippen LogP contribution in [0.5, 0.6) is 0 Å². The molecule has 1 unspecified atom stereocenters. The number of carbonyl (C=O) groups is 1. The molecule has 2 aromatic rings. The summed E-state index contributed by atoms with van der Waals surface area (Å²) in [5, 5.41) is 4.28. The van der Waals surface area contributed by atoms with Crippen molar-refractivity contribution in [3.63, 3.8) is 0 Å². The average molecular weight is 399 g/mol. The highest BCUT2D eigenvalue weighted by Gasteiger charge is 2.41. The predicted octanol–water partition coefficient (Wildman–Crippen LogP) is 3.80. The molecule has 1 saturated carbocycles. The van der Waals surface area contributed by atoms with E-state index in [1.165, 1.54) is 17.7 Å². The molecule has 2 aliphatic rings. The molecule has 7 nitrogen and oxygen atoms in total. The van der Waals surface area contributed by atoms with Crippen LogP contribution in [0.4, 0.5) is 17.5 Å². The SMILES string of the molecule is CCC1C(=O)N(C)c2cnc(N/N=C/c3ccc(C)s3)nc2N1C1CCCC1. The Balaban J connectivity index is 1.63. The van der Waals surface area contributed by atoms with E-state index in [-0.39, 0.29) is 11.9 Å². The first-order valence-corrected chi connectivity index (χ1v) is 10.7. The van der Waals surface area contributed by atoms with E-state index in [1.807, 2.05) is 13.1 Å². The number of likely N-dealkylation sites (N-methyl/N-ethyl adjacent to an activating group) is 1. The Morgan fingerprint density at radius 3 is 2.82 bits per heavy atom. The Morgan fingerprint density at radius 2 is 2.14 bits per heavy atom. The molecule has 0 saturated heterocycles. The topological polar surface area (TPSA) is 73.7 Å². The lowest BCUT2D eigenvalue weighted by atomic mass is 10.0. The van der Waals surface area contributed by atoms with Gasteiger partial charge in [-0.3, -0.25) is 4.79 Å². The van der Waals surface area contributed by atoms with Crippen molar-refractivity contribution in [3.05, 3.63) is 28.1 Å². The van der Waals surface area contributed by atoms with Gasteiger partial charge in [-0.25, -0.2) is 10.4 Å². The fourth-order valence-electron chi connectivity index (χ4n) is 4.11. The number of hydrazone groups is 1. The second-order valence-electron chi connectivity index (χ2n) is 7.39. The Labute approximate surface area is 169 Å². The van der Waals surface area contributed by atoms with E-state index < -0.39 is 0 Å². The molecule has 0 radical (unpaired) electrons. The van der Waals surface area contributed by atoms with Gasteiger partial charge in [0.25, 0.3) is 0 Å². The van der Waals surface area contributed by atoms with Crippen molar-refractivity contribution in [2.24, 2.45) is 5.10 Å². The molecule has 0 aromatic carbocycles. The summed E-state index contributed by atoms with van der Waals surface area (Å²) >= 11 is 1.68. The van der Waals surface area contributed by atoms with Crippen molar-refractivity contribution in [2.75, 3.05) is 22.3 Å². The largest absolute Gasteiger partial charge is 0.340 e. The first-order valence-electron chi connectivity index (χ1n) is 9.87. The van der Waals surface area contributed by atoms with Gasteiger partial charge in [-0.15, -0.1) is 11.3 Å². The number of thiophene rings is 1. The smallest absolute Gasteiger partial charge is 0.249 e. The van der Waals surface area contributed by atoms with Crippen LogP contribution in [0.25, 0.3) is 0 Å². The Hall–Kier alpha value is -2.48. The molecule has 1 atom stereocenters. The molecule has 8 heteroatoms. The molecule has 2 aromatic heterocycles. The number of hydrogen-bond acceptors (Lipinski definition) is 7. The van der Waals surface area contributed by atoms with Crippen LogP contribution in [0, 0.1) is 6.92 Å². The number of nitrogens with one attached hydrogen (secondary N) is 1. The minimum atomic E-state index is -0.166. The Kier molecular flexibility index (Phi) is 5.30. The molecule has 1 aliphatic heterocycles. The number of carbonyl (C=O) groups excluding carboxylic acids is 1. The van der Waals surface area contributed by atoms with Crippen LogP contribution < -0.4 is 15.2 Å². The summed E-state index contributed by atoms with van der Waals surface area (Å²) < 4.78 is 0. The minimum absolute atomic E-state index is 0.122. The summed E-state index contributed by atoms with van der Waals surface area (Å²) in [7, 11) is 1.81. The second kappa shape index (κ2) is 7.87. The quantitative estimate of drug-likeness (QED) is 0.613. The molecular formula is C20H26N6OS. The maximum absolute atomic E-state index is 12.9. The van der Waals surface area contributed by atoms with E-state index in [1.54, 1.807) is 28.6 Å².